The zero-order chi connectivity index (χ0) is 13.1. The molecule has 0 saturated heterocycles. The number of halogens is 1. The standard InChI is InChI=1S/C11H12ClN3O2S/c12-7-1-2-10-14-8(4-15(10)3-7)5-18-6-9(13)11(16)17/h1-4,9H,5-6,13H2,(H,16,17)/t9-/m1/s1. The number of pyridine rings is 1. The number of fused-ring (bicyclic) bond motifs is 1. The Balaban J connectivity index is 1.98. The summed E-state index contributed by atoms with van der Waals surface area (Å²) in [6.07, 6.45) is 3.65. The first kappa shape index (κ1) is 13.2. The Kier molecular flexibility index (Phi) is 4.11. The average Bonchev–Trinajstić information content (AvgIpc) is 2.70. The Labute approximate surface area is 113 Å². The second kappa shape index (κ2) is 5.60. The van der Waals surface area contributed by atoms with E-state index in [4.69, 9.17) is 22.4 Å². The zero-order valence-corrected chi connectivity index (χ0v) is 11.0. The van der Waals surface area contributed by atoms with Gasteiger partial charge in [0.1, 0.15) is 11.7 Å². The highest BCUT2D eigenvalue weighted by atomic mass is 35.5. The average molecular weight is 286 g/mol. The molecule has 5 nitrogen and oxygen atoms in total. The molecule has 2 aromatic heterocycles. The van der Waals surface area contributed by atoms with E-state index in [0.29, 0.717) is 16.5 Å². The number of nitrogens with two attached hydrogens (primary N) is 1. The van der Waals surface area contributed by atoms with Crippen LogP contribution in [-0.2, 0) is 10.5 Å². The number of carboxylic acid groups (broad SMARTS) is 1. The lowest BCUT2D eigenvalue weighted by Gasteiger charge is -2.03. The van der Waals surface area contributed by atoms with E-state index in [9.17, 15) is 4.79 Å². The summed E-state index contributed by atoms with van der Waals surface area (Å²) in [5.74, 6) is 0.00817. The topological polar surface area (TPSA) is 80.6 Å². The molecule has 0 bridgehead atoms. The van der Waals surface area contributed by atoms with Crippen LogP contribution in [0.15, 0.2) is 24.5 Å². The first-order valence-electron chi connectivity index (χ1n) is 5.25. The lowest BCUT2D eigenvalue weighted by Crippen LogP contribution is -2.32. The fourth-order valence-electron chi connectivity index (χ4n) is 1.45. The Bertz CT molecular complexity index is 572. The van der Waals surface area contributed by atoms with Crippen molar-refractivity contribution in [1.29, 1.82) is 0 Å². The molecule has 0 aliphatic carbocycles. The molecule has 0 fully saturated rings. The minimum absolute atomic E-state index is 0.365. The van der Waals surface area contributed by atoms with Crippen molar-refractivity contribution in [3.63, 3.8) is 0 Å². The highest BCUT2D eigenvalue weighted by Crippen LogP contribution is 2.15. The number of aromatic nitrogens is 2. The summed E-state index contributed by atoms with van der Waals surface area (Å²) in [6.45, 7) is 0. The number of carboxylic acids is 1. The van der Waals surface area contributed by atoms with Gasteiger partial charge < -0.3 is 15.2 Å². The van der Waals surface area contributed by atoms with Crippen molar-refractivity contribution in [2.45, 2.75) is 11.8 Å². The number of nitrogens with zero attached hydrogens (tertiary/aromatic N) is 2. The third-order valence-electron chi connectivity index (χ3n) is 2.33. The minimum atomic E-state index is -0.982. The van der Waals surface area contributed by atoms with Crippen molar-refractivity contribution in [3.8, 4) is 0 Å². The van der Waals surface area contributed by atoms with Crippen LogP contribution in [-0.4, -0.2) is 32.3 Å². The molecule has 2 aromatic rings. The van der Waals surface area contributed by atoms with E-state index >= 15 is 0 Å². The second-order valence-corrected chi connectivity index (χ2v) is 5.27. The van der Waals surface area contributed by atoms with Crippen LogP contribution < -0.4 is 5.73 Å². The van der Waals surface area contributed by atoms with Crippen LogP contribution in [0.2, 0.25) is 5.02 Å². The number of thioether (sulfide) groups is 1. The van der Waals surface area contributed by atoms with E-state index in [2.05, 4.69) is 4.98 Å². The predicted octanol–water partition coefficient (Wildman–Crippen LogP) is 1.63. The lowest BCUT2D eigenvalue weighted by atomic mass is 10.4. The van der Waals surface area contributed by atoms with E-state index in [1.54, 1.807) is 12.3 Å². The van der Waals surface area contributed by atoms with Crippen molar-refractivity contribution in [1.82, 2.24) is 9.38 Å². The number of aliphatic carboxylic acids is 1. The maximum atomic E-state index is 10.5. The molecular formula is C11H12ClN3O2S. The number of rotatable bonds is 5. The molecule has 0 saturated carbocycles. The largest absolute Gasteiger partial charge is 0.480 e. The first-order chi connectivity index (χ1) is 8.56. The fraction of sp³-hybridized carbons (Fsp3) is 0.273. The fourth-order valence-corrected chi connectivity index (χ4v) is 2.48. The smallest absolute Gasteiger partial charge is 0.321 e. The maximum absolute atomic E-state index is 10.5. The van der Waals surface area contributed by atoms with Gasteiger partial charge in [-0.2, -0.15) is 11.8 Å². The molecule has 0 aliphatic heterocycles. The summed E-state index contributed by atoms with van der Waals surface area (Å²) in [5.41, 5.74) is 7.10. The van der Waals surface area contributed by atoms with Crippen LogP contribution in [0.4, 0.5) is 0 Å². The van der Waals surface area contributed by atoms with Crippen LogP contribution in [0.25, 0.3) is 5.65 Å². The molecule has 2 heterocycles. The molecule has 0 radical (unpaired) electrons. The number of carbonyl (C=O) groups is 1. The van der Waals surface area contributed by atoms with Gasteiger partial charge in [-0.1, -0.05) is 11.6 Å². The van der Waals surface area contributed by atoms with Gasteiger partial charge >= 0.3 is 5.97 Å². The van der Waals surface area contributed by atoms with Crippen molar-refractivity contribution < 1.29 is 9.90 Å². The van der Waals surface area contributed by atoms with E-state index < -0.39 is 12.0 Å². The van der Waals surface area contributed by atoms with Gasteiger partial charge in [0.25, 0.3) is 0 Å². The van der Waals surface area contributed by atoms with Crippen molar-refractivity contribution >= 4 is 35.0 Å². The van der Waals surface area contributed by atoms with Crippen LogP contribution >= 0.6 is 23.4 Å². The Morgan fingerprint density at radius 2 is 2.33 bits per heavy atom. The van der Waals surface area contributed by atoms with Crippen molar-refractivity contribution in [2.24, 2.45) is 5.73 Å². The third kappa shape index (κ3) is 3.16. The van der Waals surface area contributed by atoms with Gasteiger partial charge in [-0.05, 0) is 12.1 Å². The third-order valence-corrected chi connectivity index (χ3v) is 3.65. The van der Waals surface area contributed by atoms with Crippen molar-refractivity contribution in [3.05, 3.63) is 35.2 Å². The van der Waals surface area contributed by atoms with Gasteiger partial charge in [0.05, 0.1) is 10.7 Å². The van der Waals surface area contributed by atoms with E-state index in [1.165, 1.54) is 11.8 Å². The minimum Gasteiger partial charge on any atom is -0.480 e. The molecule has 3 N–H and O–H groups in total. The molecule has 96 valence electrons. The zero-order valence-electron chi connectivity index (χ0n) is 9.41. The molecule has 0 unspecified atom stereocenters. The Morgan fingerprint density at radius 3 is 3.06 bits per heavy atom. The summed E-state index contributed by atoms with van der Waals surface area (Å²) in [4.78, 5) is 14.9. The summed E-state index contributed by atoms with van der Waals surface area (Å²) >= 11 is 7.32. The molecule has 1 atom stereocenters. The summed E-state index contributed by atoms with van der Waals surface area (Å²) in [7, 11) is 0. The number of hydrogen-bond donors (Lipinski definition) is 2. The Morgan fingerprint density at radius 1 is 1.56 bits per heavy atom. The SMILES string of the molecule is N[C@H](CSCc1cn2cc(Cl)ccc2n1)C(=O)O. The number of hydrogen-bond acceptors (Lipinski definition) is 4. The van der Waals surface area contributed by atoms with Crippen LogP contribution in [0.3, 0.4) is 0 Å². The number of imidazole rings is 1. The molecule has 2 rings (SSSR count). The molecule has 7 heteroatoms. The lowest BCUT2D eigenvalue weighted by molar-refractivity contribution is -0.137. The molecule has 0 amide bonds. The van der Waals surface area contributed by atoms with E-state index in [-0.39, 0.29) is 0 Å². The molecule has 0 spiro atoms. The van der Waals surface area contributed by atoms with Gasteiger partial charge in [0, 0.05) is 23.9 Å². The van der Waals surface area contributed by atoms with Gasteiger partial charge in [0.15, 0.2) is 0 Å². The van der Waals surface area contributed by atoms with Gasteiger partial charge in [0.2, 0.25) is 0 Å². The summed E-state index contributed by atoms with van der Waals surface area (Å²) < 4.78 is 1.84. The van der Waals surface area contributed by atoms with Crippen LogP contribution in [0.1, 0.15) is 5.69 Å². The van der Waals surface area contributed by atoms with Gasteiger partial charge in [-0.25, -0.2) is 4.98 Å². The highest BCUT2D eigenvalue weighted by molar-refractivity contribution is 7.98. The second-order valence-electron chi connectivity index (χ2n) is 3.80. The summed E-state index contributed by atoms with van der Waals surface area (Å²) in [6, 6.07) is 2.78. The van der Waals surface area contributed by atoms with Gasteiger partial charge in [-0.3, -0.25) is 4.79 Å². The Hall–Kier alpha value is -1.24. The van der Waals surface area contributed by atoms with E-state index in [0.717, 1.165) is 11.3 Å². The molecule has 0 aliphatic rings. The predicted molar refractivity (Wildman–Crippen MR) is 72.0 cm³/mol. The van der Waals surface area contributed by atoms with Crippen LogP contribution in [0.5, 0.6) is 0 Å². The normalized spacial score (nSPS) is 12.8. The van der Waals surface area contributed by atoms with Crippen molar-refractivity contribution in [2.75, 3.05) is 5.75 Å². The molecular weight excluding hydrogens is 274 g/mol. The van der Waals surface area contributed by atoms with Gasteiger partial charge in [-0.15, -0.1) is 0 Å². The van der Waals surface area contributed by atoms with Crippen LogP contribution in [0, 0.1) is 0 Å². The molecule has 18 heavy (non-hydrogen) atoms. The monoisotopic (exact) mass is 285 g/mol. The molecule has 0 aromatic carbocycles. The van der Waals surface area contributed by atoms with E-state index in [1.807, 2.05) is 16.7 Å². The summed E-state index contributed by atoms with van der Waals surface area (Å²) in [5, 5.41) is 9.30. The first-order valence-corrected chi connectivity index (χ1v) is 6.79. The highest BCUT2D eigenvalue weighted by Gasteiger charge is 2.11. The quantitative estimate of drug-likeness (QED) is 0.873. The maximum Gasteiger partial charge on any atom is 0.321 e.